The number of aromatic nitrogens is 7. The maximum absolute atomic E-state index is 13.5. The predicted octanol–water partition coefficient (Wildman–Crippen LogP) is 2.30. The van der Waals surface area contributed by atoms with Gasteiger partial charge in [-0.15, -0.1) is 10.2 Å². The normalized spacial score (nSPS) is 19.5. The minimum absolute atomic E-state index is 0.0437. The summed E-state index contributed by atoms with van der Waals surface area (Å²) in [7, 11) is 0.201. The molecule has 0 bridgehead atoms. The summed E-state index contributed by atoms with van der Waals surface area (Å²) in [6.07, 6.45) is 6.22. The molecule has 1 spiro atoms. The Morgan fingerprint density at radius 3 is 2.25 bits per heavy atom. The first kappa shape index (κ1) is 24.6. The van der Waals surface area contributed by atoms with Gasteiger partial charge in [-0.2, -0.15) is 9.97 Å². The second kappa shape index (κ2) is 9.09. The van der Waals surface area contributed by atoms with Gasteiger partial charge in [0.2, 0.25) is 27.7 Å². The largest absolute Gasteiger partial charge is 0.479 e. The van der Waals surface area contributed by atoms with Gasteiger partial charge in [0.1, 0.15) is 23.5 Å². The number of rotatable bonds is 10. The fourth-order valence-corrected chi connectivity index (χ4v) is 5.66. The summed E-state index contributed by atoms with van der Waals surface area (Å²) in [6, 6.07) is 0. The molecule has 3 aromatic rings. The van der Waals surface area contributed by atoms with Crippen molar-refractivity contribution in [1.82, 2.24) is 34.7 Å². The first-order valence-corrected chi connectivity index (χ1v) is 13.1. The molecule has 0 amide bonds. The van der Waals surface area contributed by atoms with Crippen molar-refractivity contribution in [3.05, 3.63) is 35.4 Å². The highest BCUT2D eigenvalue weighted by Gasteiger charge is 2.65. The zero-order chi connectivity index (χ0) is 25.7. The zero-order valence-corrected chi connectivity index (χ0v) is 21.6. The van der Waals surface area contributed by atoms with Crippen molar-refractivity contribution >= 4 is 27.6 Å². The van der Waals surface area contributed by atoms with Crippen molar-refractivity contribution in [3.63, 3.8) is 0 Å². The molecule has 0 saturated heterocycles. The standard InChI is InChI=1S/C21H25ClN8O5S/c1-11(15(33-2)16-23-8-12(22)9-24-16)36(31,32)29-20-28-27-17(13-7-21(13)5-6-21)30(20)14-18(34-3)25-10-26-19(14)35-4/h8-11,13,15H,5-7H2,1-4H3,(H,28,29)/t11-,13+,15-/m0/s1. The molecule has 2 saturated carbocycles. The molecule has 2 aliphatic carbocycles. The summed E-state index contributed by atoms with van der Waals surface area (Å²) in [5, 5.41) is 7.78. The molecule has 1 N–H and O–H groups in total. The molecule has 2 aliphatic rings. The molecule has 36 heavy (non-hydrogen) atoms. The summed E-state index contributed by atoms with van der Waals surface area (Å²) in [5.74, 6) is 1.23. The fourth-order valence-electron chi connectivity index (χ4n) is 4.43. The van der Waals surface area contributed by atoms with Crippen LogP contribution in [0.25, 0.3) is 5.69 Å². The maximum Gasteiger partial charge on any atom is 0.245 e. The van der Waals surface area contributed by atoms with E-state index in [1.54, 1.807) is 4.57 Å². The Morgan fingerprint density at radius 2 is 1.72 bits per heavy atom. The monoisotopic (exact) mass is 536 g/mol. The van der Waals surface area contributed by atoms with Crippen molar-refractivity contribution in [2.75, 3.05) is 26.1 Å². The van der Waals surface area contributed by atoms with Gasteiger partial charge >= 0.3 is 0 Å². The van der Waals surface area contributed by atoms with Crippen molar-refractivity contribution in [2.45, 2.75) is 43.5 Å². The van der Waals surface area contributed by atoms with Crippen LogP contribution in [0.4, 0.5) is 5.95 Å². The van der Waals surface area contributed by atoms with Crippen LogP contribution in [-0.4, -0.2) is 69.7 Å². The van der Waals surface area contributed by atoms with Gasteiger partial charge < -0.3 is 14.2 Å². The first-order valence-electron chi connectivity index (χ1n) is 11.1. The first-order chi connectivity index (χ1) is 17.2. The SMILES string of the molecule is COc1ncnc(OC)c1-n1c(NS(=O)(=O)[C@@H](C)[C@H](OC)c2ncc(Cl)cn2)nnc1[C@H]1CC12CC2. The third-order valence-electron chi connectivity index (χ3n) is 6.75. The van der Waals surface area contributed by atoms with E-state index in [4.69, 9.17) is 25.8 Å². The molecule has 0 aliphatic heterocycles. The number of nitrogens with zero attached hydrogens (tertiary/aromatic N) is 7. The Hall–Kier alpha value is -3.10. The quantitative estimate of drug-likeness (QED) is 0.405. The molecule has 3 heterocycles. The van der Waals surface area contributed by atoms with E-state index in [0.717, 1.165) is 19.3 Å². The van der Waals surface area contributed by atoms with Crippen molar-refractivity contribution in [3.8, 4) is 17.4 Å². The van der Waals surface area contributed by atoms with E-state index in [1.807, 2.05) is 0 Å². The number of halogens is 1. The van der Waals surface area contributed by atoms with Crippen LogP contribution in [0, 0.1) is 5.41 Å². The van der Waals surface area contributed by atoms with Gasteiger partial charge in [-0.25, -0.2) is 18.4 Å². The molecule has 0 unspecified atom stereocenters. The van der Waals surface area contributed by atoms with E-state index in [9.17, 15) is 8.42 Å². The van der Waals surface area contributed by atoms with Crippen LogP contribution in [0.5, 0.6) is 11.8 Å². The lowest BCUT2D eigenvalue weighted by Crippen LogP contribution is -2.33. The molecule has 0 aromatic carbocycles. The summed E-state index contributed by atoms with van der Waals surface area (Å²) in [6.45, 7) is 1.49. The maximum atomic E-state index is 13.5. The van der Waals surface area contributed by atoms with Crippen LogP contribution in [-0.2, 0) is 14.8 Å². The summed E-state index contributed by atoms with van der Waals surface area (Å²) in [5.41, 5.74) is 0.511. The van der Waals surface area contributed by atoms with Crippen molar-refractivity contribution < 1.29 is 22.6 Å². The van der Waals surface area contributed by atoms with E-state index >= 15 is 0 Å². The van der Waals surface area contributed by atoms with E-state index in [-0.39, 0.29) is 34.9 Å². The van der Waals surface area contributed by atoms with Crippen LogP contribution in [0.2, 0.25) is 5.02 Å². The highest BCUT2D eigenvalue weighted by Crippen LogP contribution is 2.74. The Kier molecular flexibility index (Phi) is 6.21. The number of ether oxygens (including phenoxy) is 3. The Labute approximate surface area is 212 Å². The minimum atomic E-state index is -4.09. The van der Waals surface area contributed by atoms with Crippen LogP contribution in [0.15, 0.2) is 18.7 Å². The van der Waals surface area contributed by atoms with E-state index < -0.39 is 21.4 Å². The number of hydrogen-bond acceptors (Lipinski definition) is 11. The second-order valence-electron chi connectivity index (χ2n) is 8.85. The van der Waals surface area contributed by atoms with Gasteiger partial charge in [0.25, 0.3) is 0 Å². The van der Waals surface area contributed by atoms with Gasteiger partial charge in [-0.1, -0.05) is 11.6 Å². The van der Waals surface area contributed by atoms with Crippen LogP contribution < -0.4 is 14.2 Å². The highest BCUT2D eigenvalue weighted by atomic mass is 35.5. The summed E-state index contributed by atoms with van der Waals surface area (Å²) >= 11 is 5.87. The molecule has 5 rings (SSSR count). The van der Waals surface area contributed by atoms with E-state index in [1.165, 1.54) is 47.0 Å². The topological polar surface area (TPSA) is 156 Å². The summed E-state index contributed by atoms with van der Waals surface area (Å²) in [4.78, 5) is 16.6. The lowest BCUT2D eigenvalue weighted by atomic mass is 10.2. The smallest absolute Gasteiger partial charge is 0.245 e. The number of sulfonamides is 1. The molecule has 3 atom stereocenters. The molecular formula is C21H25ClN8O5S. The highest BCUT2D eigenvalue weighted by molar-refractivity contribution is 7.93. The Morgan fingerprint density at radius 1 is 1.08 bits per heavy atom. The molecule has 2 fully saturated rings. The molecular weight excluding hydrogens is 512 g/mol. The fraction of sp³-hybridized carbons (Fsp3) is 0.524. The third-order valence-corrected chi connectivity index (χ3v) is 8.63. The number of nitrogens with one attached hydrogen (secondary N) is 1. The molecule has 13 nitrogen and oxygen atoms in total. The second-order valence-corrected chi connectivity index (χ2v) is 11.3. The number of anilines is 1. The van der Waals surface area contributed by atoms with Crippen LogP contribution in [0.1, 0.15) is 49.9 Å². The molecule has 3 aromatic heterocycles. The Bertz CT molecular complexity index is 1360. The van der Waals surface area contributed by atoms with Gasteiger partial charge in [0, 0.05) is 25.4 Å². The van der Waals surface area contributed by atoms with Crippen molar-refractivity contribution in [2.24, 2.45) is 5.41 Å². The van der Waals surface area contributed by atoms with Gasteiger partial charge in [-0.05, 0) is 31.6 Å². The van der Waals surface area contributed by atoms with E-state index in [0.29, 0.717) is 16.5 Å². The van der Waals surface area contributed by atoms with Gasteiger partial charge in [-0.3, -0.25) is 9.29 Å². The summed E-state index contributed by atoms with van der Waals surface area (Å²) < 4.78 is 47.5. The molecule has 15 heteroatoms. The van der Waals surface area contributed by atoms with E-state index in [2.05, 4.69) is 34.9 Å². The zero-order valence-electron chi connectivity index (χ0n) is 20.0. The van der Waals surface area contributed by atoms with Crippen molar-refractivity contribution in [1.29, 1.82) is 0 Å². The lowest BCUT2D eigenvalue weighted by Gasteiger charge is -2.22. The molecule has 0 radical (unpaired) electrons. The lowest BCUT2D eigenvalue weighted by molar-refractivity contribution is 0.0950. The number of methoxy groups -OCH3 is 3. The minimum Gasteiger partial charge on any atom is -0.479 e. The average molecular weight is 537 g/mol. The van der Waals surface area contributed by atoms with Crippen LogP contribution >= 0.6 is 11.6 Å². The Balaban J connectivity index is 1.55. The van der Waals surface area contributed by atoms with Gasteiger partial charge in [0.15, 0.2) is 11.5 Å². The van der Waals surface area contributed by atoms with Gasteiger partial charge in [0.05, 0.1) is 19.2 Å². The number of hydrogen-bond donors (Lipinski definition) is 1. The van der Waals surface area contributed by atoms with Crippen LogP contribution in [0.3, 0.4) is 0 Å². The third kappa shape index (κ3) is 4.22. The predicted molar refractivity (Wildman–Crippen MR) is 128 cm³/mol. The average Bonchev–Trinajstić information content (AvgIpc) is 3.77. The molecule has 192 valence electrons.